The van der Waals surface area contributed by atoms with Crippen LogP contribution in [0.5, 0.6) is 0 Å². The van der Waals surface area contributed by atoms with Crippen LogP contribution in [0.15, 0.2) is 60.7 Å². The minimum absolute atomic E-state index is 0.296. The quantitative estimate of drug-likeness (QED) is 0.917. The first-order valence-electron chi connectivity index (χ1n) is 7.51. The van der Waals surface area contributed by atoms with Crippen LogP contribution in [0.25, 0.3) is 0 Å². The van der Waals surface area contributed by atoms with E-state index in [1.165, 1.54) is 5.56 Å². The van der Waals surface area contributed by atoms with E-state index in [0.29, 0.717) is 12.1 Å². The highest BCUT2D eigenvalue weighted by molar-refractivity contribution is 5.37. The molecule has 3 rings (SSSR count). The summed E-state index contributed by atoms with van der Waals surface area (Å²) in [6.07, 6.45) is 1.79. The molecule has 2 heteroatoms. The molecule has 0 spiro atoms. The first-order valence-corrected chi connectivity index (χ1v) is 7.51. The van der Waals surface area contributed by atoms with Crippen LogP contribution in [0, 0.1) is 11.3 Å². The molecule has 0 amide bonds. The van der Waals surface area contributed by atoms with Gasteiger partial charge in [-0.25, -0.2) is 0 Å². The van der Waals surface area contributed by atoms with Gasteiger partial charge in [0.15, 0.2) is 0 Å². The van der Waals surface area contributed by atoms with Gasteiger partial charge in [0, 0.05) is 12.1 Å². The highest BCUT2D eigenvalue weighted by Crippen LogP contribution is 2.44. The maximum absolute atomic E-state index is 9.58. The van der Waals surface area contributed by atoms with Crippen molar-refractivity contribution in [3.8, 4) is 6.07 Å². The van der Waals surface area contributed by atoms with Crippen molar-refractivity contribution >= 4 is 0 Å². The molecule has 0 aliphatic heterocycles. The van der Waals surface area contributed by atoms with Crippen LogP contribution in [0.2, 0.25) is 0 Å². The fourth-order valence-electron chi connectivity index (χ4n) is 3.24. The molecule has 1 N–H and O–H groups in total. The SMILES string of the molecule is CC(NC1CC(C#N)(c2ccccc2)C1)c1ccccc1. The third-order valence-electron chi connectivity index (χ3n) is 4.52. The van der Waals surface area contributed by atoms with Gasteiger partial charge in [-0.2, -0.15) is 5.26 Å². The largest absolute Gasteiger partial charge is 0.307 e. The fraction of sp³-hybridized carbons (Fsp3) is 0.316. The van der Waals surface area contributed by atoms with Crippen molar-refractivity contribution in [3.05, 3.63) is 71.8 Å². The van der Waals surface area contributed by atoms with Crippen molar-refractivity contribution in [2.75, 3.05) is 0 Å². The molecular formula is C19H20N2. The Morgan fingerprint density at radius 3 is 2.19 bits per heavy atom. The summed E-state index contributed by atoms with van der Waals surface area (Å²) in [5.74, 6) is 0. The minimum Gasteiger partial charge on any atom is -0.307 e. The monoisotopic (exact) mass is 276 g/mol. The Morgan fingerprint density at radius 1 is 1.05 bits per heavy atom. The Labute approximate surface area is 126 Å². The van der Waals surface area contributed by atoms with Crippen LogP contribution in [0.1, 0.15) is 36.9 Å². The molecule has 2 aromatic rings. The molecule has 0 heterocycles. The van der Waals surface area contributed by atoms with Crippen LogP contribution in [0.3, 0.4) is 0 Å². The number of nitrogens with zero attached hydrogens (tertiary/aromatic N) is 1. The molecule has 1 fully saturated rings. The number of hydrogen-bond acceptors (Lipinski definition) is 2. The van der Waals surface area contributed by atoms with E-state index in [-0.39, 0.29) is 5.41 Å². The van der Waals surface area contributed by atoms with Gasteiger partial charge in [0.05, 0.1) is 11.5 Å². The number of hydrogen-bond donors (Lipinski definition) is 1. The van der Waals surface area contributed by atoms with Crippen LogP contribution in [-0.4, -0.2) is 6.04 Å². The Kier molecular flexibility index (Phi) is 3.77. The lowest BCUT2D eigenvalue weighted by molar-refractivity contribution is 0.213. The summed E-state index contributed by atoms with van der Waals surface area (Å²) < 4.78 is 0. The van der Waals surface area contributed by atoms with Crippen molar-refractivity contribution < 1.29 is 0 Å². The maximum Gasteiger partial charge on any atom is 0.0852 e. The van der Waals surface area contributed by atoms with Gasteiger partial charge >= 0.3 is 0 Å². The van der Waals surface area contributed by atoms with E-state index >= 15 is 0 Å². The first-order chi connectivity index (χ1) is 10.2. The molecule has 1 aliphatic rings. The highest BCUT2D eigenvalue weighted by Gasteiger charge is 2.46. The van der Waals surface area contributed by atoms with E-state index in [0.717, 1.165) is 18.4 Å². The standard InChI is InChI=1S/C19H20N2/c1-15(16-8-4-2-5-9-16)21-18-12-19(13-18,14-20)17-10-6-3-7-11-17/h2-11,15,18,21H,12-13H2,1H3. The van der Waals surface area contributed by atoms with Gasteiger partial charge in [0.25, 0.3) is 0 Å². The molecule has 2 nitrogen and oxygen atoms in total. The van der Waals surface area contributed by atoms with Crippen molar-refractivity contribution in [2.45, 2.75) is 37.3 Å². The van der Waals surface area contributed by atoms with Gasteiger partial charge in [-0.3, -0.25) is 0 Å². The predicted octanol–water partition coefficient (Wildman–Crippen LogP) is 3.96. The van der Waals surface area contributed by atoms with Crippen molar-refractivity contribution in [1.29, 1.82) is 5.26 Å². The van der Waals surface area contributed by atoms with Gasteiger partial charge in [-0.1, -0.05) is 60.7 Å². The highest BCUT2D eigenvalue weighted by atomic mass is 15.0. The Bertz CT molecular complexity index is 622. The normalized spacial score (nSPS) is 25.6. The molecular weight excluding hydrogens is 256 g/mol. The maximum atomic E-state index is 9.58. The third-order valence-corrected chi connectivity index (χ3v) is 4.52. The summed E-state index contributed by atoms with van der Waals surface area (Å²) in [6.45, 7) is 2.18. The second kappa shape index (κ2) is 5.71. The molecule has 1 aliphatic carbocycles. The summed E-state index contributed by atoms with van der Waals surface area (Å²) in [7, 11) is 0. The van der Waals surface area contributed by atoms with Gasteiger partial charge in [0.2, 0.25) is 0 Å². The molecule has 2 aromatic carbocycles. The summed E-state index contributed by atoms with van der Waals surface area (Å²) >= 11 is 0. The average Bonchev–Trinajstić information content (AvgIpc) is 2.52. The van der Waals surface area contributed by atoms with Gasteiger partial charge in [-0.05, 0) is 30.9 Å². The molecule has 0 aromatic heterocycles. The summed E-state index contributed by atoms with van der Waals surface area (Å²) in [4.78, 5) is 0. The Hall–Kier alpha value is -2.11. The van der Waals surface area contributed by atoms with Gasteiger partial charge in [0.1, 0.15) is 0 Å². The lowest BCUT2D eigenvalue weighted by atomic mass is 9.62. The fourth-order valence-corrected chi connectivity index (χ4v) is 3.24. The molecule has 0 saturated heterocycles. The smallest absolute Gasteiger partial charge is 0.0852 e. The van der Waals surface area contributed by atoms with Crippen molar-refractivity contribution in [3.63, 3.8) is 0 Å². The molecule has 1 atom stereocenters. The number of benzene rings is 2. The number of nitrogens with one attached hydrogen (secondary N) is 1. The van der Waals surface area contributed by atoms with E-state index in [2.05, 4.69) is 54.7 Å². The zero-order valence-electron chi connectivity index (χ0n) is 12.3. The second-order valence-electron chi connectivity index (χ2n) is 5.96. The number of rotatable bonds is 4. The summed E-state index contributed by atoms with van der Waals surface area (Å²) in [6, 6.07) is 23.9. The lowest BCUT2D eigenvalue weighted by Gasteiger charge is -2.44. The molecule has 1 saturated carbocycles. The average molecular weight is 276 g/mol. The second-order valence-corrected chi connectivity index (χ2v) is 5.96. The number of nitriles is 1. The van der Waals surface area contributed by atoms with Crippen LogP contribution >= 0.6 is 0 Å². The molecule has 0 radical (unpaired) electrons. The zero-order chi connectivity index (χ0) is 14.7. The molecule has 106 valence electrons. The van der Waals surface area contributed by atoms with Crippen molar-refractivity contribution in [1.82, 2.24) is 5.32 Å². The Balaban J connectivity index is 1.64. The van der Waals surface area contributed by atoms with E-state index in [4.69, 9.17) is 0 Å². The van der Waals surface area contributed by atoms with Gasteiger partial charge in [-0.15, -0.1) is 0 Å². The van der Waals surface area contributed by atoms with E-state index in [1.807, 2.05) is 24.3 Å². The van der Waals surface area contributed by atoms with Crippen molar-refractivity contribution in [2.24, 2.45) is 0 Å². The molecule has 1 unspecified atom stereocenters. The van der Waals surface area contributed by atoms with Crippen LogP contribution in [0.4, 0.5) is 0 Å². The molecule has 0 bridgehead atoms. The summed E-state index contributed by atoms with van der Waals surface area (Å²) in [5.41, 5.74) is 2.15. The Morgan fingerprint density at radius 2 is 1.62 bits per heavy atom. The predicted molar refractivity (Wildman–Crippen MR) is 84.7 cm³/mol. The first kappa shape index (κ1) is 13.9. The third kappa shape index (κ3) is 2.70. The van der Waals surface area contributed by atoms with Crippen LogP contribution in [-0.2, 0) is 5.41 Å². The lowest BCUT2D eigenvalue weighted by Crippen LogP contribution is -2.51. The van der Waals surface area contributed by atoms with E-state index in [9.17, 15) is 5.26 Å². The van der Waals surface area contributed by atoms with E-state index in [1.54, 1.807) is 0 Å². The van der Waals surface area contributed by atoms with Gasteiger partial charge < -0.3 is 5.32 Å². The minimum atomic E-state index is -0.296. The van der Waals surface area contributed by atoms with Crippen LogP contribution < -0.4 is 5.32 Å². The topological polar surface area (TPSA) is 35.8 Å². The van der Waals surface area contributed by atoms with E-state index < -0.39 is 0 Å². The summed E-state index contributed by atoms with van der Waals surface area (Å²) in [5, 5.41) is 13.2. The zero-order valence-corrected chi connectivity index (χ0v) is 12.3. The molecule has 21 heavy (non-hydrogen) atoms.